The first kappa shape index (κ1) is 15.6. The van der Waals surface area contributed by atoms with Crippen LogP contribution in [0.1, 0.15) is 26.2 Å². The molecule has 0 amide bonds. The SMILES string of the molecule is C#CCCCC(CSc1ccc(Br)cc1)NCC. The summed E-state index contributed by atoms with van der Waals surface area (Å²) in [6.45, 7) is 3.17. The zero-order valence-electron chi connectivity index (χ0n) is 10.8. The lowest BCUT2D eigenvalue weighted by Crippen LogP contribution is -2.31. The molecule has 98 valence electrons. The predicted molar refractivity (Wildman–Crippen MR) is 85.0 cm³/mol. The molecule has 1 aromatic rings. The van der Waals surface area contributed by atoms with Crippen LogP contribution < -0.4 is 5.32 Å². The highest BCUT2D eigenvalue weighted by atomic mass is 79.9. The average molecular weight is 326 g/mol. The minimum atomic E-state index is 0.553. The number of thioether (sulfide) groups is 1. The number of halogens is 1. The van der Waals surface area contributed by atoms with Gasteiger partial charge in [-0.05, 0) is 43.7 Å². The van der Waals surface area contributed by atoms with Gasteiger partial charge in [-0.2, -0.15) is 0 Å². The number of hydrogen-bond donors (Lipinski definition) is 1. The molecule has 1 N–H and O–H groups in total. The van der Waals surface area contributed by atoms with E-state index in [0.717, 1.165) is 36.0 Å². The van der Waals surface area contributed by atoms with Crippen LogP contribution in [0.2, 0.25) is 0 Å². The second-order valence-electron chi connectivity index (χ2n) is 4.12. The van der Waals surface area contributed by atoms with Crippen molar-refractivity contribution in [3.05, 3.63) is 28.7 Å². The van der Waals surface area contributed by atoms with Crippen LogP contribution in [-0.2, 0) is 0 Å². The molecular formula is C15H20BrNS. The van der Waals surface area contributed by atoms with E-state index in [1.165, 1.54) is 4.90 Å². The van der Waals surface area contributed by atoms with Crippen molar-refractivity contribution in [3.63, 3.8) is 0 Å². The fourth-order valence-corrected chi connectivity index (χ4v) is 2.98. The summed E-state index contributed by atoms with van der Waals surface area (Å²) >= 11 is 5.35. The van der Waals surface area contributed by atoms with Crippen LogP contribution in [0.15, 0.2) is 33.6 Å². The second kappa shape index (κ2) is 9.49. The minimum absolute atomic E-state index is 0.553. The molecule has 1 rings (SSSR count). The van der Waals surface area contributed by atoms with Crippen LogP contribution >= 0.6 is 27.7 Å². The summed E-state index contributed by atoms with van der Waals surface area (Å²) < 4.78 is 1.13. The van der Waals surface area contributed by atoms with Crippen molar-refractivity contribution in [3.8, 4) is 12.3 Å². The Kier molecular flexibility index (Phi) is 8.24. The first-order valence-corrected chi connectivity index (χ1v) is 8.09. The van der Waals surface area contributed by atoms with Gasteiger partial charge in [0, 0.05) is 27.6 Å². The van der Waals surface area contributed by atoms with Gasteiger partial charge in [0.2, 0.25) is 0 Å². The minimum Gasteiger partial charge on any atom is -0.313 e. The highest BCUT2D eigenvalue weighted by Crippen LogP contribution is 2.22. The summed E-state index contributed by atoms with van der Waals surface area (Å²) in [5.74, 6) is 3.80. The molecule has 0 radical (unpaired) electrons. The van der Waals surface area contributed by atoms with Crippen molar-refractivity contribution in [2.75, 3.05) is 12.3 Å². The van der Waals surface area contributed by atoms with Crippen molar-refractivity contribution in [1.82, 2.24) is 5.32 Å². The molecule has 0 spiro atoms. The molecule has 0 aliphatic carbocycles. The smallest absolute Gasteiger partial charge is 0.0176 e. The molecule has 1 atom stereocenters. The molecule has 0 aliphatic heterocycles. The normalized spacial score (nSPS) is 12.1. The van der Waals surface area contributed by atoms with Gasteiger partial charge >= 0.3 is 0 Å². The fraction of sp³-hybridized carbons (Fsp3) is 0.467. The van der Waals surface area contributed by atoms with Gasteiger partial charge in [-0.15, -0.1) is 24.1 Å². The van der Waals surface area contributed by atoms with E-state index in [2.05, 4.69) is 58.4 Å². The first-order chi connectivity index (χ1) is 8.76. The molecule has 0 aromatic heterocycles. The Balaban J connectivity index is 2.36. The van der Waals surface area contributed by atoms with Crippen LogP contribution in [0.3, 0.4) is 0 Å². The number of rotatable bonds is 8. The first-order valence-electron chi connectivity index (χ1n) is 6.31. The quantitative estimate of drug-likeness (QED) is 0.434. The maximum atomic E-state index is 5.29. The van der Waals surface area contributed by atoms with E-state index >= 15 is 0 Å². The third kappa shape index (κ3) is 6.49. The number of nitrogens with one attached hydrogen (secondary N) is 1. The third-order valence-electron chi connectivity index (χ3n) is 2.63. The molecule has 0 bridgehead atoms. The Morgan fingerprint density at radius 2 is 2.11 bits per heavy atom. The standard InChI is InChI=1S/C15H20BrNS/c1-3-5-6-7-14(17-4-2)12-18-15-10-8-13(16)9-11-15/h1,8-11,14,17H,4-7,12H2,2H3. The molecule has 0 saturated heterocycles. The summed E-state index contributed by atoms with van der Waals surface area (Å²) in [6.07, 6.45) is 8.43. The van der Waals surface area contributed by atoms with Gasteiger partial charge in [-0.1, -0.05) is 22.9 Å². The van der Waals surface area contributed by atoms with E-state index in [1.54, 1.807) is 0 Å². The van der Waals surface area contributed by atoms with Gasteiger partial charge in [-0.25, -0.2) is 0 Å². The molecule has 1 aromatic carbocycles. The summed E-state index contributed by atoms with van der Waals surface area (Å²) in [5.41, 5.74) is 0. The van der Waals surface area contributed by atoms with Gasteiger partial charge < -0.3 is 5.32 Å². The summed E-state index contributed by atoms with van der Waals surface area (Å²) in [4.78, 5) is 1.32. The van der Waals surface area contributed by atoms with Crippen LogP contribution in [0.4, 0.5) is 0 Å². The molecule has 0 fully saturated rings. The zero-order valence-corrected chi connectivity index (χ0v) is 13.2. The maximum Gasteiger partial charge on any atom is 0.0176 e. The van der Waals surface area contributed by atoms with Crippen molar-refractivity contribution >= 4 is 27.7 Å². The van der Waals surface area contributed by atoms with Gasteiger partial charge in [0.25, 0.3) is 0 Å². The van der Waals surface area contributed by atoms with Crippen molar-refractivity contribution in [2.45, 2.75) is 37.1 Å². The monoisotopic (exact) mass is 325 g/mol. The molecule has 0 aliphatic rings. The Bertz CT molecular complexity index is 369. The lowest BCUT2D eigenvalue weighted by atomic mass is 10.1. The van der Waals surface area contributed by atoms with Crippen molar-refractivity contribution in [1.29, 1.82) is 0 Å². The van der Waals surface area contributed by atoms with E-state index in [9.17, 15) is 0 Å². The highest BCUT2D eigenvalue weighted by Gasteiger charge is 2.07. The van der Waals surface area contributed by atoms with E-state index in [-0.39, 0.29) is 0 Å². The number of terminal acetylenes is 1. The topological polar surface area (TPSA) is 12.0 Å². The van der Waals surface area contributed by atoms with Gasteiger partial charge in [0.1, 0.15) is 0 Å². The Morgan fingerprint density at radius 3 is 2.72 bits per heavy atom. The van der Waals surface area contributed by atoms with Gasteiger partial charge in [0.05, 0.1) is 0 Å². The molecule has 1 nitrogen and oxygen atoms in total. The maximum absolute atomic E-state index is 5.29. The number of hydrogen-bond acceptors (Lipinski definition) is 2. The predicted octanol–water partition coefficient (Wildman–Crippen LogP) is 4.32. The lowest BCUT2D eigenvalue weighted by molar-refractivity contribution is 0.523. The summed E-state index contributed by atoms with van der Waals surface area (Å²) in [7, 11) is 0. The van der Waals surface area contributed by atoms with Crippen LogP contribution in [-0.4, -0.2) is 18.3 Å². The highest BCUT2D eigenvalue weighted by molar-refractivity contribution is 9.10. The van der Waals surface area contributed by atoms with Crippen LogP contribution in [0.5, 0.6) is 0 Å². The Morgan fingerprint density at radius 1 is 1.39 bits per heavy atom. The molecule has 0 saturated carbocycles. The van der Waals surface area contributed by atoms with E-state index < -0.39 is 0 Å². The molecule has 0 heterocycles. The van der Waals surface area contributed by atoms with E-state index in [1.807, 2.05) is 11.8 Å². The Labute approximate surface area is 123 Å². The van der Waals surface area contributed by atoms with Crippen LogP contribution in [0.25, 0.3) is 0 Å². The van der Waals surface area contributed by atoms with Crippen molar-refractivity contribution in [2.24, 2.45) is 0 Å². The lowest BCUT2D eigenvalue weighted by Gasteiger charge is -2.16. The largest absolute Gasteiger partial charge is 0.313 e. The van der Waals surface area contributed by atoms with E-state index in [4.69, 9.17) is 6.42 Å². The van der Waals surface area contributed by atoms with Crippen LogP contribution in [0, 0.1) is 12.3 Å². The molecule has 3 heteroatoms. The average Bonchev–Trinajstić information content (AvgIpc) is 2.38. The van der Waals surface area contributed by atoms with Gasteiger partial charge in [-0.3, -0.25) is 0 Å². The zero-order chi connectivity index (χ0) is 13.2. The van der Waals surface area contributed by atoms with Crippen molar-refractivity contribution < 1.29 is 0 Å². The Hall–Kier alpha value is -0.430. The number of unbranched alkanes of at least 4 members (excludes halogenated alkanes) is 1. The van der Waals surface area contributed by atoms with Gasteiger partial charge in [0.15, 0.2) is 0 Å². The number of benzene rings is 1. The summed E-state index contributed by atoms with van der Waals surface area (Å²) in [6, 6.07) is 9.03. The molecular weight excluding hydrogens is 306 g/mol. The third-order valence-corrected chi connectivity index (χ3v) is 4.33. The van der Waals surface area contributed by atoms with E-state index in [0.29, 0.717) is 6.04 Å². The summed E-state index contributed by atoms with van der Waals surface area (Å²) in [5, 5.41) is 3.52. The second-order valence-corrected chi connectivity index (χ2v) is 6.12. The molecule has 1 unspecified atom stereocenters. The fourth-order valence-electron chi connectivity index (χ4n) is 1.71. The molecule has 18 heavy (non-hydrogen) atoms.